The van der Waals surface area contributed by atoms with Crippen molar-refractivity contribution in [2.45, 2.75) is 11.1 Å². The van der Waals surface area contributed by atoms with Crippen molar-refractivity contribution in [1.29, 1.82) is 0 Å². The van der Waals surface area contributed by atoms with Gasteiger partial charge in [-0.15, -0.1) is 0 Å². The first-order valence-electron chi connectivity index (χ1n) is 8.39. The molecule has 0 aliphatic heterocycles. The van der Waals surface area contributed by atoms with E-state index in [0.717, 1.165) is 35.4 Å². The quantitative estimate of drug-likeness (QED) is 0.519. The first kappa shape index (κ1) is 19.6. The maximum absolute atomic E-state index is 12.9. The lowest BCUT2D eigenvalue weighted by molar-refractivity contribution is -0.137. The molecule has 0 unspecified atom stereocenters. The van der Waals surface area contributed by atoms with Gasteiger partial charge in [-0.2, -0.15) is 23.4 Å². The minimum absolute atomic E-state index is 0.168. The Hall–Kier alpha value is -3.67. The summed E-state index contributed by atoms with van der Waals surface area (Å²) in [6, 6.07) is 6.55. The van der Waals surface area contributed by atoms with Crippen LogP contribution >= 0.6 is 0 Å². The highest BCUT2D eigenvalue weighted by molar-refractivity contribution is 7.92. The van der Waals surface area contributed by atoms with Crippen LogP contribution in [0.5, 0.6) is 0 Å². The summed E-state index contributed by atoms with van der Waals surface area (Å²) < 4.78 is 69.1. The lowest BCUT2D eigenvalue weighted by Crippen LogP contribution is -2.12. The summed E-state index contributed by atoms with van der Waals surface area (Å²) in [7, 11) is -4.09. The van der Waals surface area contributed by atoms with E-state index in [0.29, 0.717) is 10.9 Å². The Balaban J connectivity index is 1.67. The molecule has 3 aromatic heterocycles. The van der Waals surface area contributed by atoms with E-state index >= 15 is 0 Å². The highest BCUT2D eigenvalue weighted by atomic mass is 32.2. The van der Waals surface area contributed by atoms with Crippen molar-refractivity contribution in [3.63, 3.8) is 0 Å². The molecule has 4 rings (SSSR count). The number of alkyl halides is 3. The van der Waals surface area contributed by atoms with E-state index in [1.807, 2.05) is 0 Å². The second kappa shape index (κ2) is 6.99. The first-order chi connectivity index (χ1) is 14.2. The number of sulfonamides is 1. The fourth-order valence-corrected chi connectivity index (χ4v) is 3.73. The van der Waals surface area contributed by atoms with Crippen LogP contribution in [0.15, 0.2) is 66.6 Å². The molecule has 4 aromatic rings. The van der Waals surface area contributed by atoms with Crippen LogP contribution in [0.4, 0.5) is 18.9 Å². The van der Waals surface area contributed by atoms with Gasteiger partial charge in [0, 0.05) is 24.0 Å². The molecule has 1 aromatic carbocycles. The molecule has 1 N–H and O–H groups in total. The fourth-order valence-electron chi connectivity index (χ4n) is 2.73. The number of fused-ring (bicyclic) bond motifs is 1. The summed E-state index contributed by atoms with van der Waals surface area (Å²) in [6.45, 7) is 3.61. The Kier molecular flexibility index (Phi) is 4.57. The zero-order valence-electron chi connectivity index (χ0n) is 15.1. The van der Waals surface area contributed by atoms with Gasteiger partial charge in [0.2, 0.25) is 0 Å². The number of aromatic nitrogens is 5. The molecule has 0 atom stereocenters. The number of hydrogen-bond donors (Lipinski definition) is 1. The van der Waals surface area contributed by atoms with Gasteiger partial charge in [0.05, 0.1) is 23.6 Å². The van der Waals surface area contributed by atoms with Crippen molar-refractivity contribution in [1.82, 2.24) is 24.5 Å². The Morgan fingerprint density at radius 3 is 2.70 bits per heavy atom. The smallest absolute Gasteiger partial charge is 0.277 e. The van der Waals surface area contributed by atoms with Crippen LogP contribution in [-0.4, -0.2) is 33.0 Å². The Morgan fingerprint density at radius 2 is 1.97 bits per heavy atom. The molecule has 0 saturated carbocycles. The summed E-state index contributed by atoms with van der Waals surface area (Å²) in [4.78, 5) is 3.57. The number of nitrogens with zero attached hydrogens (tertiary/aromatic N) is 5. The van der Waals surface area contributed by atoms with E-state index in [-0.39, 0.29) is 16.4 Å². The maximum atomic E-state index is 12.9. The summed E-state index contributed by atoms with van der Waals surface area (Å²) in [6.07, 6.45) is 1.65. The lowest BCUT2D eigenvalue weighted by atomic mass is 10.2. The van der Waals surface area contributed by atoms with Crippen LogP contribution in [0.3, 0.4) is 0 Å². The highest BCUT2D eigenvalue weighted by Crippen LogP contribution is 2.30. The van der Waals surface area contributed by atoms with Crippen LogP contribution < -0.4 is 4.72 Å². The van der Waals surface area contributed by atoms with Crippen molar-refractivity contribution in [3.8, 4) is 5.82 Å². The van der Waals surface area contributed by atoms with Gasteiger partial charge in [-0.3, -0.25) is 4.72 Å². The molecule has 0 aliphatic rings. The summed E-state index contributed by atoms with van der Waals surface area (Å²) >= 11 is 0. The zero-order chi connectivity index (χ0) is 21.5. The summed E-state index contributed by atoms with van der Waals surface area (Å²) in [5.74, 6) is -0.168. The maximum Gasteiger partial charge on any atom is 0.416 e. The van der Waals surface area contributed by atoms with E-state index in [4.69, 9.17) is 0 Å². The molecule has 0 saturated heterocycles. The van der Waals surface area contributed by atoms with Gasteiger partial charge < -0.3 is 0 Å². The number of pyridine rings is 1. The number of rotatable bonds is 5. The lowest BCUT2D eigenvalue weighted by Gasteiger charge is -2.08. The van der Waals surface area contributed by atoms with Crippen LogP contribution in [0.1, 0.15) is 5.56 Å². The van der Waals surface area contributed by atoms with Crippen LogP contribution in [-0.2, 0) is 16.2 Å². The monoisotopic (exact) mass is 434 g/mol. The second-order valence-electron chi connectivity index (χ2n) is 6.16. The van der Waals surface area contributed by atoms with E-state index in [9.17, 15) is 21.6 Å². The Morgan fingerprint density at radius 1 is 1.17 bits per heavy atom. The molecule has 30 heavy (non-hydrogen) atoms. The third-order valence-electron chi connectivity index (χ3n) is 4.16. The standard InChI is InChI=1S/C18H13F3N6O2S/c1-2-26-10-12-4-3-5-15(17(12)24-26)25-30(28,29)14-9-23-27(11-14)16-8-13(6-7-22-16)18(19,20)21/h2-11,25H,1H2. The van der Waals surface area contributed by atoms with Crippen molar-refractivity contribution >= 4 is 32.8 Å². The van der Waals surface area contributed by atoms with Gasteiger partial charge in [-0.05, 0) is 18.2 Å². The minimum atomic E-state index is -4.56. The molecule has 3 heterocycles. The average molecular weight is 434 g/mol. The summed E-state index contributed by atoms with van der Waals surface area (Å²) in [5, 5.41) is 8.75. The number of anilines is 1. The van der Waals surface area contributed by atoms with Gasteiger partial charge in [-0.25, -0.2) is 22.8 Å². The van der Waals surface area contributed by atoms with E-state index in [2.05, 4.69) is 26.5 Å². The van der Waals surface area contributed by atoms with Crippen molar-refractivity contribution < 1.29 is 21.6 Å². The van der Waals surface area contributed by atoms with Gasteiger partial charge in [0.1, 0.15) is 10.4 Å². The third-order valence-corrected chi connectivity index (χ3v) is 5.48. The van der Waals surface area contributed by atoms with Crippen LogP contribution in [0.2, 0.25) is 0 Å². The highest BCUT2D eigenvalue weighted by Gasteiger charge is 2.31. The molecule has 8 nitrogen and oxygen atoms in total. The number of hydrogen-bond acceptors (Lipinski definition) is 5. The normalized spacial score (nSPS) is 12.2. The molecule has 12 heteroatoms. The van der Waals surface area contributed by atoms with Gasteiger partial charge in [0.25, 0.3) is 10.0 Å². The fraction of sp³-hybridized carbons (Fsp3) is 0.0556. The van der Waals surface area contributed by atoms with Crippen molar-refractivity contribution in [3.05, 3.63) is 67.3 Å². The molecule has 0 amide bonds. The van der Waals surface area contributed by atoms with Gasteiger partial charge in [-0.1, -0.05) is 18.7 Å². The second-order valence-corrected chi connectivity index (χ2v) is 7.84. The SMILES string of the molecule is C=Cn1cc2cccc(NS(=O)(=O)c3cnn(-c4cc(C(F)(F)F)ccn4)c3)c2n1. The van der Waals surface area contributed by atoms with E-state index < -0.39 is 21.8 Å². The van der Waals surface area contributed by atoms with Crippen LogP contribution in [0, 0.1) is 0 Å². The summed E-state index contributed by atoms with van der Waals surface area (Å²) in [5.41, 5.74) is -0.277. The molecule has 154 valence electrons. The Bertz CT molecular complexity index is 1360. The zero-order valence-corrected chi connectivity index (χ0v) is 15.9. The molecule has 0 aliphatic carbocycles. The predicted molar refractivity (Wildman–Crippen MR) is 103 cm³/mol. The number of nitrogens with one attached hydrogen (secondary N) is 1. The number of halogens is 3. The van der Waals surface area contributed by atoms with Gasteiger partial charge >= 0.3 is 6.18 Å². The predicted octanol–water partition coefficient (Wildman–Crippen LogP) is 3.54. The molecule has 0 radical (unpaired) electrons. The van der Waals surface area contributed by atoms with Crippen LogP contribution in [0.25, 0.3) is 22.9 Å². The Labute approximate surface area is 168 Å². The molecule has 0 fully saturated rings. The molecular formula is C18H13F3N6O2S. The van der Waals surface area contributed by atoms with Crippen molar-refractivity contribution in [2.24, 2.45) is 0 Å². The molecular weight excluding hydrogens is 421 g/mol. The first-order valence-corrected chi connectivity index (χ1v) is 9.87. The molecule has 0 bridgehead atoms. The van der Waals surface area contributed by atoms with Crippen molar-refractivity contribution in [2.75, 3.05) is 4.72 Å². The number of benzene rings is 1. The average Bonchev–Trinajstić information content (AvgIpc) is 3.35. The molecule has 0 spiro atoms. The largest absolute Gasteiger partial charge is 0.416 e. The van der Waals surface area contributed by atoms with E-state index in [1.165, 1.54) is 10.9 Å². The third kappa shape index (κ3) is 3.64. The van der Waals surface area contributed by atoms with Gasteiger partial charge in [0.15, 0.2) is 5.82 Å². The van der Waals surface area contributed by atoms with E-state index in [1.54, 1.807) is 24.4 Å². The minimum Gasteiger partial charge on any atom is -0.277 e. The topological polar surface area (TPSA) is 94.7 Å².